The first-order chi connectivity index (χ1) is 12.0. The Labute approximate surface area is 144 Å². The number of carbonyl (C=O) groups excluding carboxylic acids is 1. The number of ether oxygens (including phenoxy) is 2. The van der Waals surface area contributed by atoms with Gasteiger partial charge >= 0.3 is 11.6 Å². The van der Waals surface area contributed by atoms with Crippen LogP contribution in [0.4, 0.5) is 0 Å². The van der Waals surface area contributed by atoms with Gasteiger partial charge in [-0.25, -0.2) is 9.59 Å². The number of fused-ring (bicyclic) bond motifs is 1. The summed E-state index contributed by atoms with van der Waals surface area (Å²) in [6, 6.07) is 14.6. The maximum Gasteiger partial charge on any atom is 0.346 e. The van der Waals surface area contributed by atoms with Gasteiger partial charge in [-0.1, -0.05) is 30.3 Å². The maximum absolute atomic E-state index is 12.5. The van der Waals surface area contributed by atoms with Crippen LogP contribution in [0.1, 0.15) is 12.5 Å². The molecule has 0 aliphatic heterocycles. The molecule has 5 heteroatoms. The first-order valence-corrected chi connectivity index (χ1v) is 7.88. The molecule has 0 saturated carbocycles. The molecule has 25 heavy (non-hydrogen) atoms. The molecule has 128 valence electrons. The Hall–Kier alpha value is -3.08. The van der Waals surface area contributed by atoms with Crippen LogP contribution in [0.3, 0.4) is 0 Å². The number of aryl methyl sites for hydroxylation is 1. The first kappa shape index (κ1) is 16.8. The predicted octanol–water partition coefficient (Wildman–Crippen LogP) is 3.71. The number of hydrogen-bond donors (Lipinski definition) is 0. The second kappa shape index (κ2) is 6.81. The standard InChI is InChI=1S/C20H18O5/c1-12-16-10-9-15(24-13(2)19(21)23-3)11-17(16)25-20(22)18(12)14-7-5-4-6-8-14/h4-11,13H,1-3H3/t13-/m1/s1. The van der Waals surface area contributed by atoms with Gasteiger partial charge in [0.15, 0.2) is 6.10 Å². The van der Waals surface area contributed by atoms with Crippen molar-refractivity contribution >= 4 is 16.9 Å². The van der Waals surface area contributed by atoms with Crippen LogP contribution in [0.15, 0.2) is 57.7 Å². The highest BCUT2D eigenvalue weighted by molar-refractivity contribution is 5.87. The molecule has 0 aliphatic rings. The largest absolute Gasteiger partial charge is 0.479 e. The number of hydrogen-bond acceptors (Lipinski definition) is 5. The quantitative estimate of drug-likeness (QED) is 0.536. The van der Waals surface area contributed by atoms with E-state index in [0.29, 0.717) is 16.9 Å². The SMILES string of the molecule is COC(=O)[C@@H](C)Oc1ccc2c(C)c(-c3ccccc3)c(=O)oc2c1. The molecule has 0 unspecified atom stereocenters. The molecule has 5 nitrogen and oxygen atoms in total. The number of benzene rings is 2. The molecule has 1 atom stereocenters. The summed E-state index contributed by atoms with van der Waals surface area (Å²) in [5.74, 6) is -0.0439. The molecular weight excluding hydrogens is 320 g/mol. The zero-order chi connectivity index (χ0) is 18.0. The average molecular weight is 338 g/mol. The molecule has 0 amide bonds. The summed E-state index contributed by atoms with van der Waals surface area (Å²) in [7, 11) is 1.30. The number of rotatable bonds is 4. The number of esters is 1. The molecule has 3 aromatic rings. The second-order valence-corrected chi connectivity index (χ2v) is 5.70. The highest BCUT2D eigenvalue weighted by Gasteiger charge is 2.17. The third kappa shape index (κ3) is 3.26. The van der Waals surface area contributed by atoms with Gasteiger partial charge in [0.05, 0.1) is 12.7 Å². The van der Waals surface area contributed by atoms with Crippen LogP contribution in [0.2, 0.25) is 0 Å². The number of methoxy groups -OCH3 is 1. The lowest BCUT2D eigenvalue weighted by molar-refractivity contribution is -0.147. The Morgan fingerprint density at radius 1 is 1.12 bits per heavy atom. The van der Waals surface area contributed by atoms with Crippen LogP contribution in [-0.4, -0.2) is 19.2 Å². The van der Waals surface area contributed by atoms with Gasteiger partial charge in [-0.05, 0) is 37.1 Å². The fourth-order valence-corrected chi connectivity index (χ4v) is 2.77. The molecule has 0 N–H and O–H groups in total. The molecule has 2 aromatic carbocycles. The Morgan fingerprint density at radius 3 is 2.52 bits per heavy atom. The van der Waals surface area contributed by atoms with Crippen molar-refractivity contribution in [2.45, 2.75) is 20.0 Å². The topological polar surface area (TPSA) is 65.7 Å². The van der Waals surface area contributed by atoms with E-state index in [1.165, 1.54) is 7.11 Å². The first-order valence-electron chi connectivity index (χ1n) is 7.88. The van der Waals surface area contributed by atoms with Crippen LogP contribution < -0.4 is 10.4 Å². The van der Waals surface area contributed by atoms with Gasteiger partial charge in [-0.2, -0.15) is 0 Å². The minimum Gasteiger partial charge on any atom is -0.479 e. The van der Waals surface area contributed by atoms with Crippen molar-refractivity contribution in [1.29, 1.82) is 0 Å². The normalized spacial score (nSPS) is 12.0. The van der Waals surface area contributed by atoms with Gasteiger partial charge in [0.1, 0.15) is 11.3 Å². The smallest absolute Gasteiger partial charge is 0.346 e. The van der Waals surface area contributed by atoms with Gasteiger partial charge < -0.3 is 13.9 Å². The van der Waals surface area contributed by atoms with E-state index in [-0.39, 0.29) is 0 Å². The van der Waals surface area contributed by atoms with E-state index in [9.17, 15) is 9.59 Å². The van der Waals surface area contributed by atoms with E-state index < -0.39 is 17.7 Å². The van der Waals surface area contributed by atoms with Crippen LogP contribution in [0, 0.1) is 6.92 Å². The lowest BCUT2D eigenvalue weighted by atomic mass is 10.00. The second-order valence-electron chi connectivity index (χ2n) is 5.70. The van der Waals surface area contributed by atoms with Gasteiger partial charge in [0, 0.05) is 11.5 Å². The summed E-state index contributed by atoms with van der Waals surface area (Å²) in [5.41, 5.74) is 2.20. The van der Waals surface area contributed by atoms with E-state index in [2.05, 4.69) is 4.74 Å². The Morgan fingerprint density at radius 2 is 1.84 bits per heavy atom. The predicted molar refractivity (Wildman–Crippen MR) is 94.8 cm³/mol. The average Bonchev–Trinajstić information content (AvgIpc) is 2.61. The molecule has 0 radical (unpaired) electrons. The van der Waals surface area contributed by atoms with E-state index >= 15 is 0 Å². The summed E-state index contributed by atoms with van der Waals surface area (Å²) in [5, 5.41) is 0.816. The highest BCUT2D eigenvalue weighted by atomic mass is 16.6. The van der Waals surface area contributed by atoms with E-state index in [0.717, 1.165) is 16.5 Å². The zero-order valence-corrected chi connectivity index (χ0v) is 14.2. The monoisotopic (exact) mass is 338 g/mol. The third-order valence-corrected chi connectivity index (χ3v) is 4.05. The third-order valence-electron chi connectivity index (χ3n) is 4.05. The minimum absolute atomic E-state index is 0.408. The lowest BCUT2D eigenvalue weighted by Crippen LogP contribution is -2.24. The molecular formula is C20H18O5. The van der Waals surface area contributed by atoms with E-state index in [4.69, 9.17) is 9.15 Å². The highest BCUT2D eigenvalue weighted by Crippen LogP contribution is 2.29. The van der Waals surface area contributed by atoms with Crippen LogP contribution >= 0.6 is 0 Å². The molecule has 0 fully saturated rings. The number of carbonyl (C=O) groups is 1. The van der Waals surface area contributed by atoms with Crippen molar-refractivity contribution < 1.29 is 18.7 Å². The summed E-state index contributed by atoms with van der Waals surface area (Å²) < 4.78 is 15.7. The summed E-state index contributed by atoms with van der Waals surface area (Å²) in [6.45, 7) is 3.48. The van der Waals surface area contributed by atoms with Gasteiger partial charge in [-0.15, -0.1) is 0 Å². The van der Waals surface area contributed by atoms with Gasteiger partial charge in [0.25, 0.3) is 0 Å². The molecule has 3 rings (SSSR count). The van der Waals surface area contributed by atoms with Crippen LogP contribution in [-0.2, 0) is 9.53 Å². The fourth-order valence-electron chi connectivity index (χ4n) is 2.77. The molecule has 0 spiro atoms. The molecule has 0 saturated heterocycles. The summed E-state index contributed by atoms with van der Waals surface area (Å²) >= 11 is 0. The molecule has 1 aromatic heterocycles. The summed E-state index contributed by atoms with van der Waals surface area (Å²) in [6.07, 6.45) is -0.751. The van der Waals surface area contributed by atoms with Crippen molar-refractivity contribution in [3.8, 4) is 16.9 Å². The zero-order valence-electron chi connectivity index (χ0n) is 14.2. The van der Waals surface area contributed by atoms with Crippen LogP contribution in [0.5, 0.6) is 5.75 Å². The molecule has 0 aliphatic carbocycles. The van der Waals surface area contributed by atoms with Crippen molar-refractivity contribution in [1.82, 2.24) is 0 Å². The molecule has 0 bridgehead atoms. The fraction of sp³-hybridized carbons (Fsp3) is 0.200. The lowest BCUT2D eigenvalue weighted by Gasteiger charge is -2.13. The van der Waals surface area contributed by atoms with E-state index in [1.54, 1.807) is 19.1 Å². The van der Waals surface area contributed by atoms with Gasteiger partial charge in [-0.3, -0.25) is 0 Å². The Kier molecular flexibility index (Phi) is 4.57. The minimum atomic E-state index is -0.751. The van der Waals surface area contributed by atoms with Crippen molar-refractivity contribution in [3.05, 3.63) is 64.5 Å². The van der Waals surface area contributed by atoms with Crippen molar-refractivity contribution in [2.75, 3.05) is 7.11 Å². The van der Waals surface area contributed by atoms with E-state index in [1.807, 2.05) is 43.3 Å². The summed E-state index contributed by atoms with van der Waals surface area (Å²) in [4.78, 5) is 23.9. The van der Waals surface area contributed by atoms with Crippen molar-refractivity contribution in [2.24, 2.45) is 0 Å². The van der Waals surface area contributed by atoms with Gasteiger partial charge in [0.2, 0.25) is 0 Å². The van der Waals surface area contributed by atoms with Crippen molar-refractivity contribution in [3.63, 3.8) is 0 Å². The Balaban J connectivity index is 2.06. The maximum atomic E-state index is 12.5. The Bertz CT molecular complexity index is 973. The molecule has 1 heterocycles. The van der Waals surface area contributed by atoms with Crippen LogP contribution in [0.25, 0.3) is 22.1 Å².